The first-order valence-electron chi connectivity index (χ1n) is 8.87. The topological polar surface area (TPSA) is 39.2 Å². The second-order valence-electron chi connectivity index (χ2n) is 6.55. The monoisotopic (exact) mass is 333 g/mol. The van der Waals surface area contributed by atoms with Crippen molar-refractivity contribution in [3.63, 3.8) is 0 Å². The molecule has 0 spiro atoms. The Labute approximate surface area is 149 Å². The van der Waals surface area contributed by atoms with Gasteiger partial charge < -0.3 is 4.74 Å². The molecule has 0 bridgehead atoms. The van der Waals surface area contributed by atoms with Crippen LogP contribution in [-0.2, 0) is 9.53 Å². The Morgan fingerprint density at radius 3 is 2.56 bits per heavy atom. The largest absolute Gasteiger partial charge is 0.469 e. The van der Waals surface area contributed by atoms with E-state index in [9.17, 15) is 4.79 Å². The van der Waals surface area contributed by atoms with E-state index in [0.717, 1.165) is 23.2 Å². The fraction of sp³-hybridized carbons (Fsp3) is 0.364. The molecule has 1 atom stereocenters. The molecule has 3 nitrogen and oxygen atoms in total. The van der Waals surface area contributed by atoms with Crippen molar-refractivity contribution < 1.29 is 9.53 Å². The smallest absolute Gasteiger partial charge is 0.313 e. The van der Waals surface area contributed by atoms with Gasteiger partial charge in [-0.25, -0.2) is 4.98 Å². The molecule has 1 aromatic carbocycles. The molecule has 1 saturated carbocycles. The minimum Gasteiger partial charge on any atom is -0.469 e. The Morgan fingerprint density at radius 1 is 1.16 bits per heavy atom. The molecule has 3 rings (SSSR count). The van der Waals surface area contributed by atoms with Gasteiger partial charge in [0, 0.05) is 11.8 Å². The molecule has 1 aliphatic rings. The number of rotatable bonds is 4. The first-order chi connectivity index (χ1) is 12.3. The third kappa shape index (κ3) is 4.70. The minimum atomic E-state index is -0.175. The molecule has 0 aliphatic heterocycles. The molecule has 1 unspecified atom stereocenters. The highest BCUT2D eigenvalue weighted by molar-refractivity contribution is 5.78. The normalized spacial score (nSPS) is 15.2. The van der Waals surface area contributed by atoms with Crippen LogP contribution < -0.4 is 0 Å². The third-order valence-corrected chi connectivity index (χ3v) is 4.84. The number of carbonyl (C=O) groups is 1. The van der Waals surface area contributed by atoms with Crippen LogP contribution >= 0.6 is 0 Å². The van der Waals surface area contributed by atoms with E-state index in [2.05, 4.69) is 16.8 Å². The predicted molar refractivity (Wildman–Crippen MR) is 98.0 cm³/mol. The summed E-state index contributed by atoms with van der Waals surface area (Å²) in [6.07, 6.45) is 7.62. The first-order valence-corrected chi connectivity index (χ1v) is 8.87. The van der Waals surface area contributed by atoms with Crippen LogP contribution in [0.1, 0.15) is 54.8 Å². The van der Waals surface area contributed by atoms with Crippen molar-refractivity contribution in [2.24, 2.45) is 5.92 Å². The van der Waals surface area contributed by atoms with E-state index >= 15 is 0 Å². The molecule has 1 aromatic heterocycles. The molecule has 1 heterocycles. The van der Waals surface area contributed by atoms with Crippen LogP contribution in [0.5, 0.6) is 0 Å². The van der Waals surface area contributed by atoms with Crippen LogP contribution in [0.4, 0.5) is 0 Å². The van der Waals surface area contributed by atoms with Crippen LogP contribution in [0, 0.1) is 17.8 Å². The van der Waals surface area contributed by atoms with Gasteiger partial charge in [0.05, 0.1) is 13.0 Å². The first kappa shape index (κ1) is 17.2. The minimum absolute atomic E-state index is 0.140. The summed E-state index contributed by atoms with van der Waals surface area (Å²) in [5.41, 5.74) is 2.68. The molecule has 25 heavy (non-hydrogen) atoms. The van der Waals surface area contributed by atoms with E-state index in [0.29, 0.717) is 5.92 Å². The zero-order valence-corrected chi connectivity index (χ0v) is 14.6. The van der Waals surface area contributed by atoms with Gasteiger partial charge in [0.15, 0.2) is 0 Å². The molecule has 0 radical (unpaired) electrons. The number of methoxy groups -OCH3 is 1. The van der Waals surface area contributed by atoms with Gasteiger partial charge in [0.1, 0.15) is 5.69 Å². The molecule has 0 N–H and O–H groups in total. The Bertz CT molecular complexity index is 750. The van der Waals surface area contributed by atoms with Crippen LogP contribution in [0.3, 0.4) is 0 Å². The molecule has 1 fully saturated rings. The fourth-order valence-electron chi connectivity index (χ4n) is 3.46. The maximum absolute atomic E-state index is 12.2. The highest BCUT2D eigenvalue weighted by Gasteiger charge is 2.27. The summed E-state index contributed by atoms with van der Waals surface area (Å²) in [5, 5.41) is 0. The summed E-state index contributed by atoms with van der Waals surface area (Å²) in [4.78, 5) is 16.4. The third-order valence-electron chi connectivity index (χ3n) is 4.84. The van der Waals surface area contributed by atoms with Crippen LogP contribution in [0.15, 0.2) is 48.7 Å². The van der Waals surface area contributed by atoms with E-state index in [4.69, 9.17) is 4.74 Å². The molecule has 1 aliphatic carbocycles. The summed E-state index contributed by atoms with van der Waals surface area (Å²) < 4.78 is 5.04. The number of hydrogen-bond acceptors (Lipinski definition) is 3. The number of pyridine rings is 1. The van der Waals surface area contributed by atoms with Gasteiger partial charge >= 0.3 is 5.97 Å². The highest BCUT2D eigenvalue weighted by Crippen LogP contribution is 2.34. The molecule has 0 amide bonds. The predicted octanol–water partition coefficient (Wildman–Crippen LogP) is 4.32. The van der Waals surface area contributed by atoms with Gasteiger partial charge in [-0.1, -0.05) is 49.8 Å². The summed E-state index contributed by atoms with van der Waals surface area (Å²) in [5.74, 6) is 6.48. The zero-order chi connectivity index (χ0) is 17.5. The lowest BCUT2D eigenvalue weighted by atomic mass is 9.87. The average Bonchev–Trinajstić information content (AvgIpc) is 3.18. The van der Waals surface area contributed by atoms with Gasteiger partial charge in [0.2, 0.25) is 0 Å². The van der Waals surface area contributed by atoms with Crippen molar-refractivity contribution in [1.29, 1.82) is 0 Å². The summed E-state index contributed by atoms with van der Waals surface area (Å²) in [7, 11) is 1.47. The molecule has 128 valence electrons. The lowest BCUT2D eigenvalue weighted by Gasteiger charge is -2.19. The van der Waals surface area contributed by atoms with E-state index in [1.807, 2.05) is 42.5 Å². The van der Waals surface area contributed by atoms with E-state index in [1.54, 1.807) is 6.20 Å². The summed E-state index contributed by atoms with van der Waals surface area (Å²) in [6.45, 7) is 0. The van der Waals surface area contributed by atoms with E-state index < -0.39 is 0 Å². The van der Waals surface area contributed by atoms with Crippen molar-refractivity contribution in [3.8, 4) is 11.8 Å². The average molecular weight is 333 g/mol. The molecule has 0 saturated heterocycles. The number of hydrogen-bond donors (Lipinski definition) is 0. The quantitative estimate of drug-likeness (QED) is 0.618. The molecule has 3 heteroatoms. The number of aromatic nitrogens is 1. The van der Waals surface area contributed by atoms with Gasteiger partial charge in [0.25, 0.3) is 0 Å². The standard InChI is InChI=1S/C22H23NO2/c1-25-22(24)21(16-18-6-2-3-7-18)19-12-9-17(10-13-19)11-14-20-8-4-5-15-23-20/h4-5,8-10,12-13,15,18,21H,2-3,6-7,16H2,1H3. The van der Waals surface area contributed by atoms with Crippen LogP contribution in [0.25, 0.3) is 0 Å². The second-order valence-corrected chi connectivity index (χ2v) is 6.55. The van der Waals surface area contributed by atoms with Crippen molar-refractivity contribution in [3.05, 3.63) is 65.5 Å². The highest BCUT2D eigenvalue weighted by atomic mass is 16.5. The summed E-state index contributed by atoms with van der Waals surface area (Å²) >= 11 is 0. The van der Waals surface area contributed by atoms with E-state index in [1.165, 1.54) is 32.8 Å². The van der Waals surface area contributed by atoms with Gasteiger partial charge in [-0.3, -0.25) is 4.79 Å². The van der Waals surface area contributed by atoms with Crippen molar-refractivity contribution in [1.82, 2.24) is 4.98 Å². The van der Waals surface area contributed by atoms with Gasteiger partial charge in [-0.05, 0) is 48.1 Å². The van der Waals surface area contributed by atoms with Gasteiger partial charge in [-0.15, -0.1) is 0 Å². The Balaban J connectivity index is 1.74. The summed E-state index contributed by atoms with van der Waals surface area (Å²) in [6, 6.07) is 13.6. The second kappa shape index (κ2) is 8.48. The SMILES string of the molecule is COC(=O)C(CC1CCCC1)c1ccc(C#Cc2ccccn2)cc1. The zero-order valence-electron chi connectivity index (χ0n) is 14.6. The van der Waals surface area contributed by atoms with Crippen molar-refractivity contribution in [2.45, 2.75) is 38.0 Å². The number of esters is 1. The molecular weight excluding hydrogens is 310 g/mol. The fourth-order valence-corrected chi connectivity index (χ4v) is 3.46. The lowest BCUT2D eigenvalue weighted by molar-refractivity contribution is -0.142. The number of nitrogens with zero attached hydrogens (tertiary/aromatic N) is 1. The Kier molecular flexibility index (Phi) is 5.85. The van der Waals surface area contributed by atoms with Crippen molar-refractivity contribution >= 4 is 5.97 Å². The molecular formula is C22H23NO2. The molecule has 2 aromatic rings. The maximum atomic E-state index is 12.2. The lowest BCUT2D eigenvalue weighted by Crippen LogP contribution is -2.17. The Morgan fingerprint density at radius 2 is 1.92 bits per heavy atom. The maximum Gasteiger partial charge on any atom is 0.313 e. The van der Waals surface area contributed by atoms with Crippen LogP contribution in [0.2, 0.25) is 0 Å². The number of benzene rings is 1. The number of carbonyl (C=O) groups excluding carboxylic acids is 1. The Hall–Kier alpha value is -2.60. The van der Waals surface area contributed by atoms with Crippen molar-refractivity contribution in [2.75, 3.05) is 7.11 Å². The van der Waals surface area contributed by atoms with E-state index in [-0.39, 0.29) is 11.9 Å². The number of ether oxygens (including phenoxy) is 1. The van der Waals surface area contributed by atoms with Gasteiger partial charge in [-0.2, -0.15) is 0 Å². The van der Waals surface area contributed by atoms with Crippen LogP contribution in [-0.4, -0.2) is 18.1 Å².